The Morgan fingerprint density at radius 3 is 1.92 bits per heavy atom. The van der Waals surface area contributed by atoms with Crippen LogP contribution in [0.2, 0.25) is 5.02 Å². The number of rotatable bonds is 3. The number of likely N-dealkylation sites (N-methyl/N-ethyl adjacent to an activating group) is 2. The predicted molar refractivity (Wildman–Crippen MR) is 97.5 cm³/mol. The standard InChI is InChI=1S/C16H24ClN5O2/c1-18-5-9-20(10-6-18)13-3-4-14(22(23)24)16(15(13)17)21-11-7-19(2)8-12-21/h3-4H,5-12H2,1-2H3. The lowest BCUT2D eigenvalue weighted by Crippen LogP contribution is -2.46. The Morgan fingerprint density at radius 2 is 1.42 bits per heavy atom. The molecule has 2 aliphatic heterocycles. The first-order chi connectivity index (χ1) is 11.5. The van der Waals surface area contributed by atoms with Crippen LogP contribution >= 0.6 is 11.6 Å². The zero-order valence-electron chi connectivity index (χ0n) is 14.2. The summed E-state index contributed by atoms with van der Waals surface area (Å²) in [5.74, 6) is 0. The Kier molecular flexibility index (Phi) is 5.12. The molecule has 2 saturated heterocycles. The Hall–Kier alpha value is -1.57. The number of hydrogen-bond donors (Lipinski definition) is 0. The quantitative estimate of drug-likeness (QED) is 0.609. The van der Waals surface area contributed by atoms with Crippen LogP contribution in [-0.2, 0) is 0 Å². The number of anilines is 2. The topological polar surface area (TPSA) is 56.1 Å². The van der Waals surface area contributed by atoms with Crippen molar-refractivity contribution in [2.45, 2.75) is 0 Å². The Morgan fingerprint density at radius 1 is 0.917 bits per heavy atom. The van der Waals surface area contributed by atoms with E-state index in [4.69, 9.17) is 11.6 Å². The van der Waals surface area contributed by atoms with Crippen LogP contribution in [0.4, 0.5) is 17.1 Å². The lowest BCUT2D eigenvalue weighted by Gasteiger charge is -2.37. The first-order valence-electron chi connectivity index (χ1n) is 8.31. The summed E-state index contributed by atoms with van der Waals surface area (Å²) in [6, 6.07) is 3.40. The van der Waals surface area contributed by atoms with E-state index in [9.17, 15) is 10.1 Å². The van der Waals surface area contributed by atoms with E-state index in [0.717, 1.165) is 58.0 Å². The molecule has 7 nitrogen and oxygen atoms in total. The summed E-state index contributed by atoms with van der Waals surface area (Å²) in [7, 11) is 4.17. The molecule has 0 aromatic heterocycles. The molecule has 0 atom stereocenters. The molecule has 0 N–H and O–H groups in total. The summed E-state index contributed by atoms with van der Waals surface area (Å²) in [5.41, 5.74) is 1.58. The molecular weight excluding hydrogens is 330 g/mol. The van der Waals surface area contributed by atoms with Crippen molar-refractivity contribution >= 4 is 28.7 Å². The van der Waals surface area contributed by atoms with Crippen molar-refractivity contribution in [3.63, 3.8) is 0 Å². The van der Waals surface area contributed by atoms with Gasteiger partial charge in [-0.3, -0.25) is 10.1 Å². The summed E-state index contributed by atoms with van der Waals surface area (Å²) in [4.78, 5) is 20.0. The number of piperazine rings is 2. The Bertz CT molecular complexity index is 611. The summed E-state index contributed by atoms with van der Waals surface area (Å²) in [6.45, 7) is 6.98. The molecule has 132 valence electrons. The fraction of sp³-hybridized carbons (Fsp3) is 0.625. The molecule has 0 radical (unpaired) electrons. The van der Waals surface area contributed by atoms with Gasteiger partial charge in [0.2, 0.25) is 0 Å². The van der Waals surface area contributed by atoms with Crippen LogP contribution in [0.5, 0.6) is 0 Å². The number of nitro groups is 1. The lowest BCUT2D eigenvalue weighted by atomic mass is 10.1. The van der Waals surface area contributed by atoms with Crippen LogP contribution in [0.3, 0.4) is 0 Å². The van der Waals surface area contributed by atoms with Crippen LogP contribution in [0, 0.1) is 10.1 Å². The molecule has 0 aliphatic carbocycles. The van der Waals surface area contributed by atoms with E-state index in [1.807, 2.05) is 0 Å². The maximum atomic E-state index is 11.5. The molecule has 2 fully saturated rings. The molecule has 24 heavy (non-hydrogen) atoms. The van der Waals surface area contributed by atoms with Gasteiger partial charge in [-0.2, -0.15) is 0 Å². The maximum absolute atomic E-state index is 11.5. The van der Waals surface area contributed by atoms with Crippen LogP contribution in [0.25, 0.3) is 0 Å². The molecule has 0 saturated carbocycles. The molecule has 0 spiro atoms. The van der Waals surface area contributed by atoms with Gasteiger partial charge in [0.05, 0.1) is 15.6 Å². The third-order valence-corrected chi connectivity index (χ3v) is 5.31. The van der Waals surface area contributed by atoms with Gasteiger partial charge >= 0.3 is 0 Å². The van der Waals surface area contributed by atoms with E-state index in [1.165, 1.54) is 0 Å². The van der Waals surface area contributed by atoms with Crippen molar-refractivity contribution in [2.75, 3.05) is 76.3 Å². The predicted octanol–water partition coefficient (Wildman–Crippen LogP) is 1.75. The average Bonchev–Trinajstić information content (AvgIpc) is 2.56. The molecule has 0 unspecified atom stereocenters. The van der Waals surface area contributed by atoms with Crippen LogP contribution in [0.1, 0.15) is 0 Å². The lowest BCUT2D eigenvalue weighted by molar-refractivity contribution is -0.384. The van der Waals surface area contributed by atoms with Gasteiger partial charge in [0, 0.05) is 58.4 Å². The van der Waals surface area contributed by atoms with Gasteiger partial charge in [-0.1, -0.05) is 11.6 Å². The highest BCUT2D eigenvalue weighted by molar-refractivity contribution is 6.36. The number of benzene rings is 1. The van der Waals surface area contributed by atoms with Crippen molar-refractivity contribution in [1.29, 1.82) is 0 Å². The second-order valence-corrected chi connectivity index (χ2v) is 6.98. The number of hydrogen-bond acceptors (Lipinski definition) is 6. The Balaban J connectivity index is 1.95. The minimum absolute atomic E-state index is 0.0995. The minimum atomic E-state index is -0.326. The summed E-state index contributed by atoms with van der Waals surface area (Å²) in [5, 5.41) is 12.0. The first-order valence-corrected chi connectivity index (χ1v) is 8.69. The average molecular weight is 354 g/mol. The van der Waals surface area contributed by atoms with Gasteiger partial charge in [0.1, 0.15) is 5.69 Å². The zero-order chi connectivity index (χ0) is 17.3. The summed E-state index contributed by atoms with van der Waals surface area (Å²) in [6.07, 6.45) is 0. The van der Waals surface area contributed by atoms with Gasteiger partial charge < -0.3 is 19.6 Å². The van der Waals surface area contributed by atoms with Gasteiger partial charge in [0.25, 0.3) is 5.69 Å². The highest BCUT2D eigenvalue weighted by atomic mass is 35.5. The molecule has 1 aromatic rings. The molecule has 2 heterocycles. The minimum Gasteiger partial charge on any atom is -0.368 e. The van der Waals surface area contributed by atoms with E-state index in [2.05, 4.69) is 33.7 Å². The molecule has 0 bridgehead atoms. The molecule has 3 rings (SSSR count). The van der Waals surface area contributed by atoms with Gasteiger partial charge in [-0.15, -0.1) is 0 Å². The van der Waals surface area contributed by atoms with Gasteiger partial charge in [-0.05, 0) is 20.2 Å². The van der Waals surface area contributed by atoms with E-state index in [0.29, 0.717) is 10.7 Å². The first kappa shape index (κ1) is 17.3. The normalized spacial score (nSPS) is 20.5. The van der Waals surface area contributed by atoms with Crippen molar-refractivity contribution in [1.82, 2.24) is 9.80 Å². The highest BCUT2D eigenvalue weighted by Crippen LogP contribution is 2.42. The van der Waals surface area contributed by atoms with Gasteiger partial charge in [0.15, 0.2) is 0 Å². The highest BCUT2D eigenvalue weighted by Gasteiger charge is 2.29. The molecule has 1 aromatic carbocycles. The van der Waals surface area contributed by atoms with Crippen molar-refractivity contribution in [3.05, 3.63) is 27.3 Å². The van der Waals surface area contributed by atoms with Crippen LogP contribution in [-0.4, -0.2) is 81.2 Å². The second kappa shape index (κ2) is 7.13. The third kappa shape index (κ3) is 3.43. The molecular formula is C16H24ClN5O2. The summed E-state index contributed by atoms with van der Waals surface area (Å²) >= 11 is 6.68. The van der Waals surface area contributed by atoms with Crippen molar-refractivity contribution in [2.24, 2.45) is 0 Å². The molecule has 8 heteroatoms. The van der Waals surface area contributed by atoms with Crippen molar-refractivity contribution < 1.29 is 4.92 Å². The SMILES string of the molecule is CN1CCN(c2ccc([N+](=O)[O-])c(N3CCN(C)CC3)c2Cl)CC1. The smallest absolute Gasteiger partial charge is 0.294 e. The summed E-state index contributed by atoms with van der Waals surface area (Å²) < 4.78 is 0. The van der Waals surface area contributed by atoms with E-state index < -0.39 is 0 Å². The van der Waals surface area contributed by atoms with Crippen LogP contribution in [0.15, 0.2) is 12.1 Å². The van der Waals surface area contributed by atoms with Crippen LogP contribution < -0.4 is 9.80 Å². The number of nitro benzene ring substituents is 1. The monoisotopic (exact) mass is 353 g/mol. The largest absolute Gasteiger partial charge is 0.368 e. The molecule has 0 amide bonds. The fourth-order valence-electron chi connectivity index (χ4n) is 3.31. The maximum Gasteiger partial charge on any atom is 0.294 e. The fourth-order valence-corrected chi connectivity index (χ4v) is 3.71. The van der Waals surface area contributed by atoms with E-state index in [-0.39, 0.29) is 10.6 Å². The van der Waals surface area contributed by atoms with Gasteiger partial charge in [-0.25, -0.2) is 0 Å². The third-order valence-electron chi connectivity index (χ3n) is 4.93. The van der Waals surface area contributed by atoms with Crippen molar-refractivity contribution in [3.8, 4) is 0 Å². The zero-order valence-corrected chi connectivity index (χ0v) is 15.0. The Labute approximate surface area is 147 Å². The molecule has 2 aliphatic rings. The number of halogens is 1. The number of nitrogens with zero attached hydrogens (tertiary/aromatic N) is 5. The second-order valence-electron chi connectivity index (χ2n) is 6.60. The van der Waals surface area contributed by atoms with E-state index in [1.54, 1.807) is 12.1 Å². The van der Waals surface area contributed by atoms with E-state index >= 15 is 0 Å².